The van der Waals surface area contributed by atoms with Crippen LogP contribution >= 0.6 is 23.2 Å². The first-order valence-corrected chi connectivity index (χ1v) is 8.78. The summed E-state index contributed by atoms with van der Waals surface area (Å²) in [6.07, 6.45) is 0. The van der Waals surface area contributed by atoms with Crippen LogP contribution < -0.4 is 11.5 Å². The third-order valence-electron chi connectivity index (χ3n) is 4.17. The normalized spacial score (nSPS) is 19.7. The Bertz CT molecular complexity index is 857. The van der Waals surface area contributed by atoms with Crippen LogP contribution in [-0.2, 0) is 4.84 Å². The summed E-state index contributed by atoms with van der Waals surface area (Å²) in [7, 11) is 0. The van der Waals surface area contributed by atoms with Gasteiger partial charge >= 0.3 is 0 Å². The minimum absolute atomic E-state index is 0.0258. The number of benzene rings is 1. The monoisotopic (exact) mass is 412 g/mol. The SMILES string of the molecule is CC(CON1C(N)=NC(N)=NC1(C)C)N1C(=O)c2cc(Cl)c(Cl)cc2C1=O. The number of imide groups is 1. The standard InChI is InChI=1S/C16H18Cl2N6O3/c1-7(6-27-24-15(20)21-14(19)22-16(24,2)3)23-12(25)8-4-10(17)11(18)5-9(8)13(23)26/h4-5,7H,6H2,1-3H3,(H4,19,20,21,22). The van der Waals surface area contributed by atoms with Gasteiger partial charge in [-0.2, -0.15) is 10.1 Å². The molecule has 3 rings (SSSR count). The van der Waals surface area contributed by atoms with Crippen LogP contribution in [0.5, 0.6) is 0 Å². The Balaban J connectivity index is 1.76. The molecule has 0 fully saturated rings. The van der Waals surface area contributed by atoms with Gasteiger partial charge in [-0.15, -0.1) is 0 Å². The molecule has 4 N–H and O–H groups in total. The van der Waals surface area contributed by atoms with Gasteiger partial charge in [0, 0.05) is 0 Å². The molecular formula is C16H18Cl2N6O3. The van der Waals surface area contributed by atoms with Gasteiger partial charge in [-0.1, -0.05) is 23.2 Å². The van der Waals surface area contributed by atoms with Crippen molar-refractivity contribution in [3.8, 4) is 0 Å². The van der Waals surface area contributed by atoms with Crippen molar-refractivity contribution < 1.29 is 14.4 Å². The van der Waals surface area contributed by atoms with E-state index < -0.39 is 23.5 Å². The van der Waals surface area contributed by atoms with Crippen molar-refractivity contribution in [3.05, 3.63) is 33.3 Å². The first-order chi connectivity index (χ1) is 12.5. The van der Waals surface area contributed by atoms with Crippen LogP contribution in [0.1, 0.15) is 41.5 Å². The van der Waals surface area contributed by atoms with Crippen LogP contribution in [-0.4, -0.2) is 52.0 Å². The van der Waals surface area contributed by atoms with E-state index in [1.807, 2.05) is 0 Å². The van der Waals surface area contributed by atoms with Crippen molar-refractivity contribution in [2.75, 3.05) is 6.61 Å². The first-order valence-electron chi connectivity index (χ1n) is 8.02. The summed E-state index contributed by atoms with van der Waals surface area (Å²) in [5.74, 6) is -0.863. The molecule has 0 bridgehead atoms. The molecule has 0 saturated heterocycles. The number of hydrogen-bond acceptors (Lipinski definition) is 8. The lowest BCUT2D eigenvalue weighted by atomic mass is 10.1. The molecule has 0 spiro atoms. The number of hydrogen-bond donors (Lipinski definition) is 2. The van der Waals surface area contributed by atoms with Crippen LogP contribution in [0.15, 0.2) is 22.1 Å². The Morgan fingerprint density at radius 1 is 1.15 bits per heavy atom. The number of fused-ring (bicyclic) bond motifs is 1. The summed E-state index contributed by atoms with van der Waals surface area (Å²) in [5, 5.41) is 1.69. The van der Waals surface area contributed by atoms with Gasteiger partial charge in [0.15, 0.2) is 5.66 Å². The zero-order chi connectivity index (χ0) is 20.1. The Labute approximate surface area is 165 Å². The quantitative estimate of drug-likeness (QED) is 0.722. The van der Waals surface area contributed by atoms with E-state index in [9.17, 15) is 9.59 Å². The lowest BCUT2D eigenvalue weighted by Gasteiger charge is -2.37. The van der Waals surface area contributed by atoms with Gasteiger partial charge in [-0.25, -0.2) is 4.99 Å². The number of halogens is 2. The molecule has 0 radical (unpaired) electrons. The van der Waals surface area contributed by atoms with E-state index in [-0.39, 0.29) is 39.7 Å². The zero-order valence-electron chi connectivity index (χ0n) is 14.9. The highest BCUT2D eigenvalue weighted by molar-refractivity contribution is 6.43. The number of guanidine groups is 2. The Morgan fingerprint density at radius 2 is 1.67 bits per heavy atom. The highest BCUT2D eigenvalue weighted by Crippen LogP contribution is 2.32. The lowest BCUT2D eigenvalue weighted by Crippen LogP contribution is -2.55. The van der Waals surface area contributed by atoms with E-state index in [2.05, 4.69) is 9.98 Å². The average Bonchev–Trinajstić information content (AvgIpc) is 2.77. The number of nitrogens with zero attached hydrogens (tertiary/aromatic N) is 4. The highest BCUT2D eigenvalue weighted by Gasteiger charge is 2.40. The predicted octanol–water partition coefficient (Wildman–Crippen LogP) is 1.59. The fourth-order valence-electron chi connectivity index (χ4n) is 2.93. The first kappa shape index (κ1) is 19.4. The summed E-state index contributed by atoms with van der Waals surface area (Å²) in [6.45, 7) is 5.12. The molecule has 1 aromatic carbocycles. The van der Waals surface area contributed by atoms with Gasteiger partial charge in [0.25, 0.3) is 11.8 Å². The van der Waals surface area contributed by atoms with Gasteiger partial charge < -0.3 is 11.5 Å². The number of nitrogens with two attached hydrogens (primary N) is 2. The number of rotatable bonds is 4. The molecule has 144 valence electrons. The van der Waals surface area contributed by atoms with E-state index >= 15 is 0 Å². The molecule has 2 amide bonds. The predicted molar refractivity (Wildman–Crippen MR) is 102 cm³/mol. The maximum atomic E-state index is 12.6. The number of hydroxylamine groups is 2. The van der Waals surface area contributed by atoms with Crippen molar-refractivity contribution in [1.82, 2.24) is 9.96 Å². The van der Waals surface area contributed by atoms with E-state index in [4.69, 9.17) is 39.5 Å². The third kappa shape index (κ3) is 3.33. The molecule has 0 saturated carbocycles. The highest BCUT2D eigenvalue weighted by atomic mass is 35.5. The van der Waals surface area contributed by atoms with Crippen molar-refractivity contribution in [1.29, 1.82) is 0 Å². The lowest BCUT2D eigenvalue weighted by molar-refractivity contribution is -0.164. The second-order valence-electron chi connectivity index (χ2n) is 6.67. The summed E-state index contributed by atoms with van der Waals surface area (Å²) in [6, 6.07) is 2.19. The van der Waals surface area contributed by atoms with Gasteiger partial charge in [-0.05, 0) is 32.9 Å². The Morgan fingerprint density at radius 3 is 2.15 bits per heavy atom. The van der Waals surface area contributed by atoms with Gasteiger partial charge in [0.05, 0.1) is 33.8 Å². The molecule has 1 aromatic rings. The van der Waals surface area contributed by atoms with Gasteiger partial charge in [-0.3, -0.25) is 19.3 Å². The molecule has 2 aliphatic heterocycles. The molecule has 0 aliphatic carbocycles. The second-order valence-corrected chi connectivity index (χ2v) is 7.48. The fourth-order valence-corrected chi connectivity index (χ4v) is 3.26. The summed E-state index contributed by atoms with van der Waals surface area (Å²) in [4.78, 5) is 40.1. The zero-order valence-corrected chi connectivity index (χ0v) is 16.4. The number of amides is 2. The maximum absolute atomic E-state index is 12.6. The molecule has 1 atom stereocenters. The minimum Gasteiger partial charge on any atom is -0.368 e. The van der Waals surface area contributed by atoms with Crippen LogP contribution in [0, 0.1) is 0 Å². The molecule has 0 aromatic heterocycles. The number of carbonyl (C=O) groups is 2. The fraction of sp³-hybridized carbons (Fsp3) is 0.375. The maximum Gasteiger partial charge on any atom is 0.261 e. The third-order valence-corrected chi connectivity index (χ3v) is 4.89. The van der Waals surface area contributed by atoms with Gasteiger partial charge in [0.1, 0.15) is 0 Å². The molecule has 1 unspecified atom stereocenters. The molecule has 2 heterocycles. The number of carbonyl (C=O) groups excluding carboxylic acids is 2. The summed E-state index contributed by atoms with van der Waals surface area (Å²) >= 11 is 11.9. The molecule has 9 nitrogen and oxygen atoms in total. The summed E-state index contributed by atoms with van der Waals surface area (Å²) in [5.41, 5.74) is 11.0. The average molecular weight is 413 g/mol. The van der Waals surface area contributed by atoms with Gasteiger partial charge in [0.2, 0.25) is 11.9 Å². The topological polar surface area (TPSA) is 127 Å². The molecule has 2 aliphatic rings. The Kier molecular flexibility index (Phi) is 4.79. The smallest absolute Gasteiger partial charge is 0.261 e. The second kappa shape index (κ2) is 6.66. The van der Waals surface area contributed by atoms with Crippen LogP contribution in [0.25, 0.3) is 0 Å². The van der Waals surface area contributed by atoms with Crippen molar-refractivity contribution in [2.45, 2.75) is 32.5 Å². The van der Waals surface area contributed by atoms with Crippen LogP contribution in [0.2, 0.25) is 10.0 Å². The van der Waals surface area contributed by atoms with E-state index in [1.165, 1.54) is 17.2 Å². The van der Waals surface area contributed by atoms with Crippen LogP contribution in [0.3, 0.4) is 0 Å². The summed E-state index contributed by atoms with van der Waals surface area (Å²) < 4.78 is 0. The van der Waals surface area contributed by atoms with E-state index in [0.717, 1.165) is 4.90 Å². The van der Waals surface area contributed by atoms with Crippen LogP contribution in [0.4, 0.5) is 0 Å². The van der Waals surface area contributed by atoms with Crippen molar-refractivity contribution >= 4 is 46.9 Å². The largest absolute Gasteiger partial charge is 0.368 e. The Hall–Kier alpha value is -2.36. The molecule has 11 heteroatoms. The van der Waals surface area contributed by atoms with Crippen molar-refractivity contribution in [3.63, 3.8) is 0 Å². The number of aliphatic imine (C=N–C) groups is 2. The molecule has 27 heavy (non-hydrogen) atoms. The van der Waals surface area contributed by atoms with E-state index in [0.29, 0.717) is 0 Å². The minimum atomic E-state index is -0.890. The van der Waals surface area contributed by atoms with Crippen molar-refractivity contribution in [2.24, 2.45) is 21.5 Å². The van der Waals surface area contributed by atoms with E-state index in [1.54, 1.807) is 20.8 Å². The molecular weight excluding hydrogens is 395 g/mol.